The molecule has 0 radical (unpaired) electrons. The minimum absolute atomic E-state index is 0.0612. The number of nitro groups is 1. The molecule has 3 amide bonds. The van der Waals surface area contributed by atoms with Gasteiger partial charge in [0.15, 0.2) is 0 Å². The molecule has 1 heterocycles. The Bertz CT molecular complexity index is 622. The topological polar surface area (TPSA) is 114 Å². The molecule has 0 aliphatic rings. The molecule has 0 aliphatic carbocycles. The van der Waals surface area contributed by atoms with Gasteiger partial charge >= 0.3 is 11.7 Å². The number of urea groups is 1. The Hall–Kier alpha value is -1.93. The molecule has 0 bridgehead atoms. The van der Waals surface area contributed by atoms with Gasteiger partial charge in [-0.05, 0) is 13.3 Å². The molecule has 120 valence electrons. The van der Waals surface area contributed by atoms with Crippen molar-refractivity contribution in [1.29, 1.82) is 0 Å². The molecule has 0 saturated carbocycles. The lowest BCUT2D eigenvalue weighted by Crippen LogP contribution is -2.40. The van der Waals surface area contributed by atoms with E-state index in [1.165, 1.54) is 6.92 Å². The predicted molar refractivity (Wildman–Crippen MR) is 81.4 cm³/mol. The van der Waals surface area contributed by atoms with E-state index < -0.39 is 27.7 Å². The lowest BCUT2D eigenvalue weighted by atomic mass is 10.1. The van der Waals surface area contributed by atoms with Crippen LogP contribution in [0.25, 0.3) is 0 Å². The summed E-state index contributed by atoms with van der Waals surface area (Å²) in [4.78, 5) is 37.3. The summed E-state index contributed by atoms with van der Waals surface area (Å²) in [5, 5.41) is 14.7. The zero-order chi connectivity index (χ0) is 16.9. The standard InChI is InChI=1S/C12H14Cl2N4O4/c1-3-4-5-15-12(20)17-11(19)7-6(2)8(18(21)22)10(14)16-9(7)13/h3-5H2,1-2H3,(H2,15,17,19,20). The van der Waals surface area contributed by atoms with Crippen molar-refractivity contribution in [3.8, 4) is 0 Å². The number of carbonyl (C=O) groups excluding carboxylic acids is 2. The number of aromatic nitrogens is 1. The fraction of sp³-hybridized carbons (Fsp3) is 0.417. The number of hydrogen-bond acceptors (Lipinski definition) is 5. The third kappa shape index (κ3) is 4.28. The second-order valence-corrected chi connectivity index (χ2v) is 5.08. The first-order valence-electron chi connectivity index (χ1n) is 6.38. The molecule has 8 nitrogen and oxygen atoms in total. The maximum absolute atomic E-state index is 12.1. The SMILES string of the molecule is CCCCNC(=O)NC(=O)c1c(Cl)nc(Cl)c([N+](=O)[O-])c1C. The fourth-order valence-electron chi connectivity index (χ4n) is 1.69. The zero-order valence-corrected chi connectivity index (χ0v) is 13.4. The van der Waals surface area contributed by atoms with Crippen LogP contribution >= 0.6 is 23.2 Å². The molecule has 2 N–H and O–H groups in total. The summed E-state index contributed by atoms with van der Waals surface area (Å²) in [6.45, 7) is 3.66. The number of nitrogens with zero attached hydrogens (tertiary/aromatic N) is 2. The molecule has 0 aromatic carbocycles. The van der Waals surface area contributed by atoms with E-state index in [9.17, 15) is 19.7 Å². The number of amides is 3. The van der Waals surface area contributed by atoms with Crippen LogP contribution in [0, 0.1) is 17.0 Å². The molecule has 22 heavy (non-hydrogen) atoms. The Morgan fingerprint density at radius 2 is 1.95 bits per heavy atom. The average Bonchev–Trinajstić information content (AvgIpc) is 2.37. The highest BCUT2D eigenvalue weighted by Crippen LogP contribution is 2.32. The van der Waals surface area contributed by atoms with Crippen LogP contribution < -0.4 is 10.6 Å². The van der Waals surface area contributed by atoms with Crippen LogP contribution in [-0.2, 0) is 0 Å². The molecule has 0 atom stereocenters. The van der Waals surface area contributed by atoms with Crippen LogP contribution in [-0.4, -0.2) is 28.4 Å². The first kappa shape index (κ1) is 18.1. The van der Waals surface area contributed by atoms with Gasteiger partial charge < -0.3 is 5.32 Å². The molecule has 0 aliphatic heterocycles. The minimum atomic E-state index is -0.885. The summed E-state index contributed by atoms with van der Waals surface area (Å²) in [6, 6.07) is -0.716. The van der Waals surface area contributed by atoms with E-state index in [0.29, 0.717) is 6.54 Å². The molecule has 1 aromatic heterocycles. The monoisotopic (exact) mass is 348 g/mol. The highest BCUT2D eigenvalue weighted by molar-refractivity contribution is 6.36. The van der Waals surface area contributed by atoms with Gasteiger partial charge in [0.1, 0.15) is 5.15 Å². The number of halogens is 2. The lowest BCUT2D eigenvalue weighted by molar-refractivity contribution is -0.385. The van der Waals surface area contributed by atoms with E-state index in [1.54, 1.807) is 0 Å². The molecular formula is C12H14Cl2N4O4. The van der Waals surface area contributed by atoms with Crippen molar-refractivity contribution >= 4 is 40.8 Å². The van der Waals surface area contributed by atoms with Gasteiger partial charge in [-0.1, -0.05) is 36.5 Å². The number of rotatable bonds is 5. The van der Waals surface area contributed by atoms with Crippen LogP contribution in [0.5, 0.6) is 0 Å². The smallest absolute Gasteiger partial charge is 0.321 e. The maximum Gasteiger partial charge on any atom is 0.321 e. The minimum Gasteiger partial charge on any atom is -0.338 e. The van der Waals surface area contributed by atoms with Crippen molar-refractivity contribution < 1.29 is 14.5 Å². The third-order valence-electron chi connectivity index (χ3n) is 2.78. The van der Waals surface area contributed by atoms with E-state index in [4.69, 9.17) is 23.2 Å². The Morgan fingerprint density at radius 1 is 1.32 bits per heavy atom. The van der Waals surface area contributed by atoms with Crippen molar-refractivity contribution in [2.75, 3.05) is 6.54 Å². The molecule has 0 spiro atoms. The van der Waals surface area contributed by atoms with E-state index in [2.05, 4.69) is 10.3 Å². The first-order chi connectivity index (χ1) is 10.3. The maximum atomic E-state index is 12.1. The largest absolute Gasteiger partial charge is 0.338 e. The number of pyridine rings is 1. The van der Waals surface area contributed by atoms with Gasteiger partial charge in [0.05, 0.1) is 10.5 Å². The number of unbranched alkanes of at least 4 members (excludes halogenated alkanes) is 1. The van der Waals surface area contributed by atoms with Gasteiger partial charge in [0.2, 0.25) is 5.15 Å². The Morgan fingerprint density at radius 3 is 2.50 bits per heavy atom. The quantitative estimate of drug-likeness (QED) is 0.367. The summed E-state index contributed by atoms with van der Waals surface area (Å²) in [5.41, 5.74) is -0.847. The van der Waals surface area contributed by atoms with E-state index in [0.717, 1.165) is 12.8 Å². The molecule has 10 heteroatoms. The zero-order valence-electron chi connectivity index (χ0n) is 11.9. The summed E-state index contributed by atoms with van der Waals surface area (Å²) in [5.74, 6) is -0.885. The van der Waals surface area contributed by atoms with E-state index >= 15 is 0 Å². The number of carbonyl (C=O) groups is 2. The van der Waals surface area contributed by atoms with Gasteiger partial charge in [-0.15, -0.1) is 0 Å². The van der Waals surface area contributed by atoms with Gasteiger partial charge in [0.25, 0.3) is 5.91 Å². The molecule has 0 saturated heterocycles. The average molecular weight is 349 g/mol. The predicted octanol–water partition coefficient (Wildman–Crippen LogP) is 2.84. The van der Waals surface area contributed by atoms with Crippen molar-refractivity contribution in [3.63, 3.8) is 0 Å². The van der Waals surface area contributed by atoms with Crippen molar-refractivity contribution in [1.82, 2.24) is 15.6 Å². The highest BCUT2D eigenvalue weighted by atomic mass is 35.5. The van der Waals surface area contributed by atoms with Crippen molar-refractivity contribution in [2.24, 2.45) is 0 Å². The Kier molecular flexibility index (Phi) is 6.51. The van der Waals surface area contributed by atoms with E-state index in [-0.39, 0.29) is 16.3 Å². The van der Waals surface area contributed by atoms with Crippen LogP contribution in [0.1, 0.15) is 35.7 Å². The Balaban J connectivity index is 3.01. The van der Waals surface area contributed by atoms with Gasteiger partial charge in [0, 0.05) is 12.1 Å². The van der Waals surface area contributed by atoms with Crippen LogP contribution in [0.15, 0.2) is 0 Å². The second kappa shape index (κ2) is 7.90. The summed E-state index contributed by atoms with van der Waals surface area (Å²) in [7, 11) is 0. The molecule has 0 unspecified atom stereocenters. The van der Waals surface area contributed by atoms with Crippen LogP contribution in [0.4, 0.5) is 10.5 Å². The lowest BCUT2D eigenvalue weighted by Gasteiger charge is -2.10. The van der Waals surface area contributed by atoms with Crippen LogP contribution in [0.2, 0.25) is 10.3 Å². The fourth-order valence-corrected chi connectivity index (χ4v) is 2.34. The summed E-state index contributed by atoms with van der Waals surface area (Å²) in [6.07, 6.45) is 1.64. The highest BCUT2D eigenvalue weighted by Gasteiger charge is 2.27. The number of nitrogens with one attached hydrogen (secondary N) is 2. The normalized spacial score (nSPS) is 10.2. The Labute approximate surface area is 136 Å². The van der Waals surface area contributed by atoms with Crippen molar-refractivity contribution in [3.05, 3.63) is 31.5 Å². The first-order valence-corrected chi connectivity index (χ1v) is 7.14. The molecule has 1 rings (SSSR count). The van der Waals surface area contributed by atoms with E-state index in [1.807, 2.05) is 12.2 Å². The second-order valence-electron chi connectivity index (χ2n) is 4.36. The summed E-state index contributed by atoms with van der Waals surface area (Å²) < 4.78 is 0. The third-order valence-corrected chi connectivity index (χ3v) is 3.32. The van der Waals surface area contributed by atoms with Crippen molar-refractivity contribution in [2.45, 2.75) is 26.7 Å². The van der Waals surface area contributed by atoms with Gasteiger partial charge in [-0.2, -0.15) is 0 Å². The summed E-state index contributed by atoms with van der Waals surface area (Å²) >= 11 is 11.5. The van der Waals surface area contributed by atoms with Gasteiger partial charge in [-0.3, -0.25) is 20.2 Å². The molecular weight excluding hydrogens is 335 g/mol. The molecule has 0 fully saturated rings. The van der Waals surface area contributed by atoms with Gasteiger partial charge in [-0.25, -0.2) is 9.78 Å². The van der Waals surface area contributed by atoms with Crippen LogP contribution in [0.3, 0.4) is 0 Å². The number of hydrogen-bond donors (Lipinski definition) is 2. The number of imide groups is 1. The molecule has 1 aromatic rings.